The molecule has 0 aromatic carbocycles. The molecule has 1 amide bonds. The van der Waals surface area contributed by atoms with Crippen LogP contribution in [0.5, 0.6) is 0 Å². The molecule has 1 aliphatic rings. The van der Waals surface area contributed by atoms with Crippen molar-refractivity contribution in [1.29, 1.82) is 0 Å². The zero-order valence-electron chi connectivity index (χ0n) is 11.8. The van der Waals surface area contributed by atoms with E-state index in [0.29, 0.717) is 18.7 Å². The standard InChI is InChI=1S/C14H20FN3O2/c1-16-12-11(7-10(15)8-17-12)13(19)18(2)9-14(20)5-3-4-6-14/h7-8,20H,3-6,9H2,1-2H3,(H,16,17). The van der Waals surface area contributed by atoms with Gasteiger partial charge in [0.2, 0.25) is 0 Å². The third-order valence-corrected chi connectivity index (χ3v) is 3.73. The number of aliphatic hydroxyl groups is 1. The summed E-state index contributed by atoms with van der Waals surface area (Å²) < 4.78 is 13.3. The zero-order chi connectivity index (χ0) is 14.8. The monoisotopic (exact) mass is 281 g/mol. The highest BCUT2D eigenvalue weighted by Gasteiger charge is 2.34. The van der Waals surface area contributed by atoms with Crippen LogP contribution in [0.4, 0.5) is 10.2 Å². The number of halogens is 1. The molecule has 5 nitrogen and oxygen atoms in total. The van der Waals surface area contributed by atoms with Gasteiger partial charge >= 0.3 is 0 Å². The largest absolute Gasteiger partial charge is 0.388 e. The molecule has 2 rings (SSSR count). The van der Waals surface area contributed by atoms with E-state index < -0.39 is 11.4 Å². The predicted molar refractivity (Wildman–Crippen MR) is 74.1 cm³/mol. The first-order valence-corrected chi connectivity index (χ1v) is 6.76. The molecule has 6 heteroatoms. The second-order valence-electron chi connectivity index (χ2n) is 5.39. The van der Waals surface area contributed by atoms with E-state index in [0.717, 1.165) is 25.1 Å². The third kappa shape index (κ3) is 3.07. The van der Waals surface area contributed by atoms with Crippen LogP contribution in [0.1, 0.15) is 36.0 Å². The maximum Gasteiger partial charge on any atom is 0.257 e. The highest BCUT2D eigenvalue weighted by molar-refractivity contribution is 5.98. The van der Waals surface area contributed by atoms with Crippen LogP contribution in [0, 0.1) is 5.82 Å². The number of carbonyl (C=O) groups is 1. The summed E-state index contributed by atoms with van der Waals surface area (Å²) in [6.07, 6.45) is 4.41. The molecule has 0 radical (unpaired) electrons. The van der Waals surface area contributed by atoms with E-state index in [1.807, 2.05) is 0 Å². The molecule has 0 spiro atoms. The molecule has 0 aliphatic heterocycles. The van der Waals surface area contributed by atoms with E-state index in [2.05, 4.69) is 10.3 Å². The number of amides is 1. The van der Waals surface area contributed by atoms with Crippen LogP contribution in [0.2, 0.25) is 0 Å². The first-order chi connectivity index (χ1) is 9.45. The summed E-state index contributed by atoms with van der Waals surface area (Å²) in [6.45, 7) is 0.255. The second-order valence-corrected chi connectivity index (χ2v) is 5.39. The summed E-state index contributed by atoms with van der Waals surface area (Å²) in [5.41, 5.74) is -0.637. The van der Waals surface area contributed by atoms with Gasteiger partial charge in [-0.25, -0.2) is 9.37 Å². The molecular formula is C14H20FN3O2. The molecule has 1 aromatic heterocycles. The maximum atomic E-state index is 13.3. The number of nitrogens with zero attached hydrogens (tertiary/aromatic N) is 2. The first kappa shape index (κ1) is 14.7. The van der Waals surface area contributed by atoms with Gasteiger partial charge in [0.15, 0.2) is 0 Å². The molecule has 1 saturated carbocycles. The van der Waals surface area contributed by atoms with Crippen molar-refractivity contribution in [2.24, 2.45) is 0 Å². The van der Waals surface area contributed by atoms with Crippen LogP contribution < -0.4 is 5.32 Å². The van der Waals surface area contributed by atoms with Gasteiger partial charge in [0.25, 0.3) is 5.91 Å². The van der Waals surface area contributed by atoms with E-state index in [1.54, 1.807) is 14.1 Å². The predicted octanol–water partition coefficient (Wildman–Crippen LogP) is 1.64. The topological polar surface area (TPSA) is 65.5 Å². The minimum absolute atomic E-state index is 0.177. The van der Waals surface area contributed by atoms with E-state index in [1.165, 1.54) is 4.90 Å². The van der Waals surface area contributed by atoms with E-state index in [4.69, 9.17) is 0 Å². The van der Waals surface area contributed by atoms with Crippen LogP contribution in [0.15, 0.2) is 12.3 Å². The minimum Gasteiger partial charge on any atom is -0.388 e. The molecule has 0 saturated heterocycles. The summed E-state index contributed by atoms with van der Waals surface area (Å²) in [5, 5.41) is 13.1. The molecule has 0 unspecified atom stereocenters. The molecule has 0 bridgehead atoms. The van der Waals surface area contributed by atoms with E-state index in [9.17, 15) is 14.3 Å². The number of hydrogen-bond donors (Lipinski definition) is 2. The van der Waals surface area contributed by atoms with Crippen molar-refractivity contribution in [3.8, 4) is 0 Å². The number of hydrogen-bond acceptors (Lipinski definition) is 4. The molecule has 1 fully saturated rings. The highest BCUT2D eigenvalue weighted by atomic mass is 19.1. The van der Waals surface area contributed by atoms with Crippen LogP contribution in [-0.4, -0.2) is 47.1 Å². The number of anilines is 1. The fourth-order valence-electron chi connectivity index (χ4n) is 2.71. The summed E-state index contributed by atoms with van der Waals surface area (Å²) in [7, 11) is 3.24. The van der Waals surface area contributed by atoms with Gasteiger partial charge in [-0.3, -0.25) is 4.79 Å². The quantitative estimate of drug-likeness (QED) is 0.880. The SMILES string of the molecule is CNc1ncc(F)cc1C(=O)N(C)CC1(O)CCCC1. The van der Waals surface area contributed by atoms with Crippen LogP contribution in [-0.2, 0) is 0 Å². The molecule has 1 aliphatic carbocycles. The van der Waals surface area contributed by atoms with Crippen molar-refractivity contribution in [2.45, 2.75) is 31.3 Å². The van der Waals surface area contributed by atoms with Gasteiger partial charge in [-0.1, -0.05) is 12.8 Å². The summed E-state index contributed by atoms with van der Waals surface area (Å²) in [4.78, 5) is 17.7. The molecule has 110 valence electrons. The molecule has 2 N–H and O–H groups in total. The Morgan fingerprint density at radius 3 is 2.80 bits per heavy atom. The van der Waals surface area contributed by atoms with Crippen LogP contribution >= 0.6 is 0 Å². The molecule has 1 aromatic rings. The molecule has 0 atom stereocenters. The van der Waals surface area contributed by atoms with E-state index in [-0.39, 0.29) is 18.0 Å². The van der Waals surface area contributed by atoms with Gasteiger partial charge in [0, 0.05) is 20.6 Å². The Morgan fingerprint density at radius 2 is 2.20 bits per heavy atom. The maximum absolute atomic E-state index is 13.3. The number of carbonyl (C=O) groups excluding carboxylic acids is 1. The van der Waals surface area contributed by atoms with Crippen molar-refractivity contribution in [1.82, 2.24) is 9.88 Å². The average molecular weight is 281 g/mol. The summed E-state index contributed by atoms with van der Waals surface area (Å²) >= 11 is 0. The Morgan fingerprint density at radius 1 is 1.55 bits per heavy atom. The van der Waals surface area contributed by atoms with Crippen molar-refractivity contribution in [2.75, 3.05) is 26.0 Å². The Hall–Kier alpha value is -1.69. The third-order valence-electron chi connectivity index (χ3n) is 3.73. The lowest BCUT2D eigenvalue weighted by molar-refractivity contribution is 0.0157. The Balaban J connectivity index is 2.16. The molecule has 1 heterocycles. The van der Waals surface area contributed by atoms with Gasteiger partial charge in [0.1, 0.15) is 11.6 Å². The van der Waals surface area contributed by atoms with Crippen molar-refractivity contribution >= 4 is 11.7 Å². The average Bonchev–Trinajstić information content (AvgIpc) is 2.84. The second kappa shape index (κ2) is 5.75. The van der Waals surface area contributed by atoms with Gasteiger partial charge in [-0.2, -0.15) is 0 Å². The number of likely N-dealkylation sites (N-methyl/N-ethyl adjacent to an activating group) is 1. The highest BCUT2D eigenvalue weighted by Crippen LogP contribution is 2.30. The first-order valence-electron chi connectivity index (χ1n) is 6.76. The zero-order valence-corrected chi connectivity index (χ0v) is 11.8. The smallest absolute Gasteiger partial charge is 0.257 e. The Kier molecular flexibility index (Phi) is 4.23. The van der Waals surface area contributed by atoms with Gasteiger partial charge in [0.05, 0.1) is 17.4 Å². The van der Waals surface area contributed by atoms with Gasteiger partial charge < -0.3 is 15.3 Å². The number of rotatable bonds is 4. The normalized spacial score (nSPS) is 17.0. The lowest BCUT2D eigenvalue weighted by Crippen LogP contribution is -2.42. The molecule has 20 heavy (non-hydrogen) atoms. The lowest BCUT2D eigenvalue weighted by atomic mass is 10.0. The van der Waals surface area contributed by atoms with Crippen molar-refractivity contribution < 1.29 is 14.3 Å². The Bertz CT molecular complexity index is 501. The van der Waals surface area contributed by atoms with Crippen LogP contribution in [0.25, 0.3) is 0 Å². The summed E-state index contributed by atoms with van der Waals surface area (Å²) in [5.74, 6) is -0.566. The minimum atomic E-state index is -0.815. The van der Waals surface area contributed by atoms with Gasteiger partial charge in [-0.15, -0.1) is 0 Å². The Labute approximate surface area is 117 Å². The molecular weight excluding hydrogens is 261 g/mol. The number of pyridine rings is 1. The van der Waals surface area contributed by atoms with Gasteiger partial charge in [-0.05, 0) is 18.9 Å². The number of aromatic nitrogens is 1. The number of nitrogens with one attached hydrogen (secondary N) is 1. The fraction of sp³-hybridized carbons (Fsp3) is 0.571. The lowest BCUT2D eigenvalue weighted by Gasteiger charge is -2.29. The fourth-order valence-corrected chi connectivity index (χ4v) is 2.71. The van der Waals surface area contributed by atoms with Crippen molar-refractivity contribution in [3.05, 3.63) is 23.6 Å². The van der Waals surface area contributed by atoms with Crippen molar-refractivity contribution in [3.63, 3.8) is 0 Å². The van der Waals surface area contributed by atoms with E-state index >= 15 is 0 Å². The summed E-state index contributed by atoms with van der Waals surface area (Å²) in [6, 6.07) is 1.16. The van der Waals surface area contributed by atoms with Crippen LogP contribution in [0.3, 0.4) is 0 Å².